The molecule has 2 atom stereocenters. The van der Waals surface area contributed by atoms with Crippen molar-refractivity contribution in [1.82, 2.24) is 0 Å². The molecule has 0 aliphatic carbocycles. The number of quaternary nitrogens is 1. The van der Waals surface area contributed by atoms with Gasteiger partial charge in [-0.05, 0) is 16.7 Å². The lowest BCUT2D eigenvalue weighted by Gasteiger charge is -2.43. The number of carbonyl (C=O) groups is 1. The molecular formula is C23H28ClNO2. The maximum absolute atomic E-state index is 12.4. The van der Waals surface area contributed by atoms with Gasteiger partial charge in [-0.1, -0.05) is 54.6 Å². The number of benzene rings is 2. The van der Waals surface area contributed by atoms with Gasteiger partial charge in [-0.2, -0.15) is 0 Å². The third kappa shape index (κ3) is 4.20. The van der Waals surface area contributed by atoms with Crippen LogP contribution in [0.3, 0.4) is 0 Å². The highest BCUT2D eigenvalue weighted by molar-refractivity contribution is 5.73. The second kappa shape index (κ2) is 8.04. The molecule has 2 saturated heterocycles. The van der Waals surface area contributed by atoms with Crippen LogP contribution in [-0.2, 0) is 16.0 Å². The minimum atomic E-state index is -0.0888. The Balaban J connectivity index is 0.00000210. The molecule has 2 aromatic carbocycles. The normalized spacial score (nSPS) is 25.5. The molecule has 0 saturated carbocycles. The van der Waals surface area contributed by atoms with E-state index in [0.717, 1.165) is 22.9 Å². The molecule has 2 aliphatic rings. The summed E-state index contributed by atoms with van der Waals surface area (Å²) in [4.78, 5) is 12.4. The summed E-state index contributed by atoms with van der Waals surface area (Å²) in [7, 11) is 4.66. The molecule has 0 radical (unpaired) electrons. The van der Waals surface area contributed by atoms with Gasteiger partial charge in [-0.3, -0.25) is 4.79 Å². The van der Waals surface area contributed by atoms with Gasteiger partial charge >= 0.3 is 5.97 Å². The van der Waals surface area contributed by atoms with Gasteiger partial charge in [-0.15, -0.1) is 0 Å². The van der Waals surface area contributed by atoms with E-state index in [2.05, 4.69) is 38.4 Å². The van der Waals surface area contributed by atoms with E-state index in [1.165, 1.54) is 24.0 Å². The van der Waals surface area contributed by atoms with Crippen molar-refractivity contribution in [2.45, 2.75) is 50.3 Å². The number of carbonyl (C=O) groups excluding carboxylic acids is 1. The van der Waals surface area contributed by atoms with Crippen molar-refractivity contribution in [2.75, 3.05) is 14.1 Å². The SMILES string of the molecule is C[N+]1(C)C2CCC1CC(OC(=O)Cc1ccc(-c3ccccc3)cc1)C2.[Cl-]. The van der Waals surface area contributed by atoms with Gasteiger partial charge in [0, 0.05) is 25.7 Å². The number of piperidine rings is 1. The summed E-state index contributed by atoms with van der Waals surface area (Å²) in [6, 6.07) is 19.8. The van der Waals surface area contributed by atoms with E-state index < -0.39 is 0 Å². The Morgan fingerprint density at radius 1 is 0.926 bits per heavy atom. The van der Waals surface area contributed by atoms with Crippen molar-refractivity contribution in [3.8, 4) is 11.1 Å². The molecule has 2 fully saturated rings. The molecule has 27 heavy (non-hydrogen) atoms. The van der Waals surface area contributed by atoms with Gasteiger partial charge in [0.2, 0.25) is 0 Å². The predicted molar refractivity (Wildman–Crippen MR) is 104 cm³/mol. The molecule has 0 amide bonds. The fraction of sp³-hybridized carbons (Fsp3) is 0.435. The molecule has 2 heterocycles. The molecule has 2 unspecified atom stereocenters. The average Bonchev–Trinajstić information content (AvgIpc) is 2.80. The highest BCUT2D eigenvalue weighted by atomic mass is 35.5. The van der Waals surface area contributed by atoms with Crippen LogP contribution in [0.2, 0.25) is 0 Å². The van der Waals surface area contributed by atoms with E-state index in [4.69, 9.17) is 4.74 Å². The summed E-state index contributed by atoms with van der Waals surface area (Å²) >= 11 is 0. The molecule has 2 bridgehead atoms. The molecule has 4 rings (SSSR count). The summed E-state index contributed by atoms with van der Waals surface area (Å²) in [6.45, 7) is 0. The first-order valence-corrected chi connectivity index (χ1v) is 9.69. The third-order valence-electron chi connectivity index (χ3n) is 6.49. The number of fused-ring (bicyclic) bond motifs is 2. The summed E-state index contributed by atoms with van der Waals surface area (Å²) in [5, 5.41) is 0. The van der Waals surface area contributed by atoms with Crippen LogP contribution in [0.1, 0.15) is 31.2 Å². The van der Waals surface area contributed by atoms with Crippen molar-refractivity contribution in [2.24, 2.45) is 0 Å². The third-order valence-corrected chi connectivity index (χ3v) is 6.49. The lowest BCUT2D eigenvalue weighted by atomic mass is 9.97. The Bertz CT molecular complexity index is 757. The van der Waals surface area contributed by atoms with Crippen LogP contribution in [0.25, 0.3) is 11.1 Å². The number of esters is 1. The highest BCUT2D eigenvalue weighted by Crippen LogP contribution is 2.40. The van der Waals surface area contributed by atoms with Crippen molar-refractivity contribution >= 4 is 5.97 Å². The molecule has 0 aromatic heterocycles. The van der Waals surface area contributed by atoms with E-state index in [1.54, 1.807) is 0 Å². The Hall–Kier alpha value is -1.84. The maximum atomic E-state index is 12.4. The average molecular weight is 386 g/mol. The Morgan fingerprint density at radius 2 is 1.48 bits per heavy atom. The van der Waals surface area contributed by atoms with Gasteiger partial charge in [-0.25, -0.2) is 0 Å². The second-order valence-electron chi connectivity index (χ2n) is 8.34. The number of nitrogens with zero attached hydrogens (tertiary/aromatic N) is 1. The number of ether oxygens (including phenoxy) is 1. The summed E-state index contributed by atoms with van der Waals surface area (Å²) < 4.78 is 6.94. The van der Waals surface area contributed by atoms with Crippen molar-refractivity contribution in [1.29, 1.82) is 0 Å². The summed E-state index contributed by atoms with van der Waals surface area (Å²) in [5.74, 6) is -0.0888. The largest absolute Gasteiger partial charge is 1.00 e. The van der Waals surface area contributed by atoms with E-state index in [9.17, 15) is 4.79 Å². The first kappa shape index (κ1) is 19.9. The van der Waals surface area contributed by atoms with Crippen molar-refractivity contribution in [3.05, 3.63) is 60.2 Å². The monoisotopic (exact) mass is 385 g/mol. The van der Waals surface area contributed by atoms with Gasteiger partial charge in [0.15, 0.2) is 0 Å². The van der Waals surface area contributed by atoms with Gasteiger partial charge in [0.05, 0.1) is 32.6 Å². The molecule has 0 spiro atoms. The Morgan fingerprint density at radius 3 is 2.07 bits per heavy atom. The zero-order chi connectivity index (χ0) is 18.1. The fourth-order valence-electron chi connectivity index (χ4n) is 4.77. The van der Waals surface area contributed by atoms with Crippen molar-refractivity contribution in [3.63, 3.8) is 0 Å². The predicted octanol–water partition coefficient (Wildman–Crippen LogP) is 1.21. The van der Waals surface area contributed by atoms with Crippen LogP contribution in [-0.4, -0.2) is 42.7 Å². The van der Waals surface area contributed by atoms with E-state index in [0.29, 0.717) is 18.5 Å². The number of rotatable bonds is 4. The standard InChI is InChI=1S/C23H28NO2.ClH/c1-24(2)20-12-13-21(24)16-22(15-20)26-23(25)14-17-8-10-19(11-9-17)18-6-4-3-5-7-18;/h3-11,20-22H,12-16H2,1-2H3;1H/q+1;/p-1. The fourth-order valence-corrected chi connectivity index (χ4v) is 4.77. The molecular weight excluding hydrogens is 358 g/mol. The zero-order valence-electron chi connectivity index (χ0n) is 16.1. The number of hydrogen-bond acceptors (Lipinski definition) is 2. The van der Waals surface area contributed by atoms with Crippen LogP contribution in [0.5, 0.6) is 0 Å². The van der Waals surface area contributed by atoms with E-state index in [-0.39, 0.29) is 24.5 Å². The number of hydrogen-bond donors (Lipinski definition) is 0. The van der Waals surface area contributed by atoms with E-state index in [1.807, 2.05) is 30.3 Å². The minimum Gasteiger partial charge on any atom is -1.00 e. The Kier molecular flexibility index (Phi) is 5.92. The smallest absolute Gasteiger partial charge is 0.310 e. The topological polar surface area (TPSA) is 26.3 Å². The van der Waals surface area contributed by atoms with Crippen LogP contribution in [0.15, 0.2) is 54.6 Å². The summed E-state index contributed by atoms with van der Waals surface area (Å²) in [6.07, 6.45) is 5.04. The first-order chi connectivity index (χ1) is 12.5. The van der Waals surface area contributed by atoms with Crippen molar-refractivity contribution < 1.29 is 26.4 Å². The molecule has 2 aliphatic heterocycles. The molecule has 4 heteroatoms. The van der Waals surface area contributed by atoms with Gasteiger partial charge in [0.1, 0.15) is 6.10 Å². The zero-order valence-corrected chi connectivity index (χ0v) is 16.9. The van der Waals surface area contributed by atoms with Crippen LogP contribution in [0, 0.1) is 0 Å². The molecule has 144 valence electrons. The lowest BCUT2D eigenvalue weighted by molar-refractivity contribution is -0.931. The molecule has 0 N–H and O–H groups in total. The Labute approximate surface area is 168 Å². The van der Waals surface area contributed by atoms with Crippen LogP contribution >= 0.6 is 0 Å². The van der Waals surface area contributed by atoms with Gasteiger partial charge < -0.3 is 21.6 Å². The molecule has 3 nitrogen and oxygen atoms in total. The summed E-state index contributed by atoms with van der Waals surface area (Å²) in [5.41, 5.74) is 3.39. The molecule has 2 aromatic rings. The van der Waals surface area contributed by atoms with Gasteiger partial charge in [0.25, 0.3) is 0 Å². The lowest BCUT2D eigenvalue weighted by Crippen LogP contribution is -3.00. The van der Waals surface area contributed by atoms with Crippen LogP contribution < -0.4 is 12.4 Å². The second-order valence-corrected chi connectivity index (χ2v) is 8.34. The highest BCUT2D eigenvalue weighted by Gasteiger charge is 2.49. The number of halogens is 1. The van der Waals surface area contributed by atoms with E-state index >= 15 is 0 Å². The minimum absolute atomic E-state index is 0. The maximum Gasteiger partial charge on any atom is 0.310 e. The van der Waals surface area contributed by atoms with Crippen LogP contribution in [0.4, 0.5) is 0 Å². The first-order valence-electron chi connectivity index (χ1n) is 9.69. The quantitative estimate of drug-likeness (QED) is 0.584.